The summed E-state index contributed by atoms with van der Waals surface area (Å²) in [6.07, 6.45) is 7.76. The third-order valence-electron chi connectivity index (χ3n) is 3.24. The monoisotopic (exact) mass is 261 g/mol. The van der Waals surface area contributed by atoms with Crippen LogP contribution in [0.25, 0.3) is 6.08 Å². The summed E-state index contributed by atoms with van der Waals surface area (Å²) in [6, 6.07) is 5.60. The number of primary amides is 1. The standard InChI is InChI=1S/C15H19NO3/c1-18-13-8-4-5-11(9-10-14(16)17)15(13)19-12-6-2-3-7-12/h4-5,8-10,12H,2-3,6-7H2,1H3,(H2,16,17)/b10-9-. The predicted molar refractivity (Wildman–Crippen MR) is 74.1 cm³/mol. The first-order valence-corrected chi connectivity index (χ1v) is 6.52. The van der Waals surface area contributed by atoms with Crippen LogP contribution < -0.4 is 15.2 Å². The number of amides is 1. The number of methoxy groups -OCH3 is 1. The van der Waals surface area contributed by atoms with Crippen molar-refractivity contribution in [3.8, 4) is 11.5 Å². The van der Waals surface area contributed by atoms with Gasteiger partial charge in [-0.1, -0.05) is 12.1 Å². The van der Waals surface area contributed by atoms with Gasteiger partial charge in [0.1, 0.15) is 0 Å². The van der Waals surface area contributed by atoms with Gasteiger partial charge in [0, 0.05) is 11.6 Å². The molecule has 0 unspecified atom stereocenters. The molecule has 19 heavy (non-hydrogen) atoms. The summed E-state index contributed by atoms with van der Waals surface area (Å²) in [4.78, 5) is 10.8. The summed E-state index contributed by atoms with van der Waals surface area (Å²) in [5.41, 5.74) is 5.94. The zero-order valence-electron chi connectivity index (χ0n) is 11.1. The van der Waals surface area contributed by atoms with E-state index >= 15 is 0 Å². The van der Waals surface area contributed by atoms with Crippen molar-refractivity contribution < 1.29 is 14.3 Å². The zero-order chi connectivity index (χ0) is 13.7. The van der Waals surface area contributed by atoms with Gasteiger partial charge in [-0.25, -0.2) is 0 Å². The number of para-hydroxylation sites is 1. The number of ether oxygens (including phenoxy) is 2. The number of nitrogens with two attached hydrogens (primary N) is 1. The third-order valence-corrected chi connectivity index (χ3v) is 3.24. The van der Waals surface area contributed by atoms with Crippen molar-refractivity contribution in [3.05, 3.63) is 29.8 Å². The molecule has 1 aromatic rings. The summed E-state index contributed by atoms with van der Waals surface area (Å²) in [6.45, 7) is 0. The summed E-state index contributed by atoms with van der Waals surface area (Å²) in [5, 5.41) is 0. The molecule has 1 amide bonds. The van der Waals surface area contributed by atoms with Crippen molar-refractivity contribution in [2.75, 3.05) is 7.11 Å². The molecule has 4 nitrogen and oxygen atoms in total. The molecule has 1 fully saturated rings. The van der Waals surface area contributed by atoms with Crippen LogP contribution >= 0.6 is 0 Å². The lowest BCUT2D eigenvalue weighted by molar-refractivity contribution is -0.113. The van der Waals surface area contributed by atoms with Crippen LogP contribution in [0.3, 0.4) is 0 Å². The molecule has 1 aliphatic carbocycles. The predicted octanol–water partition coefficient (Wildman–Crippen LogP) is 2.52. The van der Waals surface area contributed by atoms with E-state index in [2.05, 4.69) is 0 Å². The minimum atomic E-state index is -0.477. The summed E-state index contributed by atoms with van der Waals surface area (Å²) in [7, 11) is 1.61. The van der Waals surface area contributed by atoms with E-state index in [-0.39, 0.29) is 6.10 Å². The Bertz CT molecular complexity index is 476. The topological polar surface area (TPSA) is 61.5 Å². The van der Waals surface area contributed by atoms with Crippen LogP contribution in [0.4, 0.5) is 0 Å². The molecular weight excluding hydrogens is 242 g/mol. The Morgan fingerprint density at radius 2 is 2.11 bits per heavy atom. The van der Waals surface area contributed by atoms with Crippen molar-refractivity contribution in [1.29, 1.82) is 0 Å². The van der Waals surface area contributed by atoms with Gasteiger partial charge in [-0.2, -0.15) is 0 Å². The minimum absolute atomic E-state index is 0.233. The van der Waals surface area contributed by atoms with Crippen molar-refractivity contribution in [3.63, 3.8) is 0 Å². The Labute approximate surface area is 113 Å². The van der Waals surface area contributed by atoms with Crippen LogP contribution in [0, 0.1) is 0 Å². The van der Waals surface area contributed by atoms with Crippen LogP contribution in [-0.4, -0.2) is 19.1 Å². The third kappa shape index (κ3) is 3.50. The van der Waals surface area contributed by atoms with Gasteiger partial charge in [0.05, 0.1) is 13.2 Å². The second-order valence-corrected chi connectivity index (χ2v) is 4.64. The molecule has 0 atom stereocenters. The van der Waals surface area contributed by atoms with E-state index in [1.807, 2.05) is 18.2 Å². The maximum atomic E-state index is 10.8. The molecular formula is C15H19NO3. The van der Waals surface area contributed by atoms with Crippen LogP contribution in [0.1, 0.15) is 31.2 Å². The minimum Gasteiger partial charge on any atom is -0.493 e. The second-order valence-electron chi connectivity index (χ2n) is 4.64. The van der Waals surface area contributed by atoms with Crippen LogP contribution in [0.2, 0.25) is 0 Å². The second kappa shape index (κ2) is 6.27. The van der Waals surface area contributed by atoms with Crippen molar-refractivity contribution in [2.24, 2.45) is 5.73 Å². The Morgan fingerprint density at radius 1 is 1.37 bits per heavy atom. The number of carbonyl (C=O) groups excluding carboxylic acids is 1. The fourth-order valence-corrected chi connectivity index (χ4v) is 2.30. The molecule has 0 aromatic heterocycles. The quantitative estimate of drug-likeness (QED) is 0.828. The van der Waals surface area contributed by atoms with E-state index in [0.29, 0.717) is 11.5 Å². The van der Waals surface area contributed by atoms with Gasteiger partial charge >= 0.3 is 0 Å². The number of hydrogen-bond acceptors (Lipinski definition) is 3. The SMILES string of the molecule is COc1cccc(/C=C\C(N)=O)c1OC1CCCC1. The summed E-state index contributed by atoms with van der Waals surface area (Å²) >= 11 is 0. The highest BCUT2D eigenvalue weighted by Crippen LogP contribution is 2.35. The Hall–Kier alpha value is -1.97. The highest BCUT2D eigenvalue weighted by Gasteiger charge is 2.19. The average Bonchev–Trinajstić information content (AvgIpc) is 2.90. The average molecular weight is 261 g/mol. The molecule has 102 valence electrons. The van der Waals surface area contributed by atoms with Gasteiger partial charge in [0.15, 0.2) is 11.5 Å². The van der Waals surface area contributed by atoms with Gasteiger partial charge < -0.3 is 15.2 Å². The zero-order valence-corrected chi connectivity index (χ0v) is 11.1. The molecule has 0 aliphatic heterocycles. The first kappa shape index (κ1) is 13.5. The molecule has 0 spiro atoms. The fraction of sp³-hybridized carbons (Fsp3) is 0.400. The maximum absolute atomic E-state index is 10.8. The lowest BCUT2D eigenvalue weighted by atomic mass is 10.1. The molecule has 0 saturated heterocycles. The van der Waals surface area contributed by atoms with Crippen molar-refractivity contribution >= 4 is 12.0 Å². The van der Waals surface area contributed by atoms with Gasteiger partial charge in [0.2, 0.25) is 5.91 Å². The van der Waals surface area contributed by atoms with Gasteiger partial charge in [-0.15, -0.1) is 0 Å². The molecule has 0 radical (unpaired) electrons. The lowest BCUT2D eigenvalue weighted by Gasteiger charge is -2.17. The molecule has 1 saturated carbocycles. The number of rotatable bonds is 5. The van der Waals surface area contributed by atoms with Gasteiger partial charge in [0.25, 0.3) is 0 Å². The molecule has 2 rings (SSSR count). The van der Waals surface area contributed by atoms with E-state index in [1.165, 1.54) is 18.9 Å². The smallest absolute Gasteiger partial charge is 0.241 e. The maximum Gasteiger partial charge on any atom is 0.241 e. The van der Waals surface area contributed by atoms with Crippen LogP contribution in [0.5, 0.6) is 11.5 Å². The van der Waals surface area contributed by atoms with E-state index in [9.17, 15) is 4.79 Å². The first-order chi connectivity index (χ1) is 9.20. The Morgan fingerprint density at radius 3 is 2.74 bits per heavy atom. The van der Waals surface area contributed by atoms with Crippen molar-refractivity contribution in [1.82, 2.24) is 0 Å². The van der Waals surface area contributed by atoms with E-state index in [0.717, 1.165) is 18.4 Å². The summed E-state index contributed by atoms with van der Waals surface area (Å²) in [5.74, 6) is 0.891. The molecule has 1 aromatic carbocycles. The van der Waals surface area contributed by atoms with Gasteiger partial charge in [-0.05, 0) is 37.8 Å². The van der Waals surface area contributed by atoms with E-state index in [1.54, 1.807) is 13.2 Å². The fourth-order valence-electron chi connectivity index (χ4n) is 2.30. The largest absolute Gasteiger partial charge is 0.493 e. The van der Waals surface area contributed by atoms with E-state index < -0.39 is 5.91 Å². The first-order valence-electron chi connectivity index (χ1n) is 6.52. The Kier molecular flexibility index (Phi) is 4.44. The Balaban J connectivity index is 2.27. The molecule has 0 bridgehead atoms. The molecule has 2 N–H and O–H groups in total. The normalized spacial score (nSPS) is 15.8. The number of hydrogen-bond donors (Lipinski definition) is 1. The molecule has 4 heteroatoms. The van der Waals surface area contributed by atoms with E-state index in [4.69, 9.17) is 15.2 Å². The van der Waals surface area contributed by atoms with Crippen molar-refractivity contribution in [2.45, 2.75) is 31.8 Å². The van der Waals surface area contributed by atoms with Crippen LogP contribution in [0.15, 0.2) is 24.3 Å². The van der Waals surface area contributed by atoms with Crippen LogP contribution in [-0.2, 0) is 4.79 Å². The molecule has 0 heterocycles. The summed E-state index contributed by atoms with van der Waals surface area (Å²) < 4.78 is 11.4. The lowest BCUT2D eigenvalue weighted by Crippen LogP contribution is -2.12. The highest BCUT2D eigenvalue weighted by molar-refractivity contribution is 5.90. The number of benzene rings is 1. The number of carbonyl (C=O) groups is 1. The highest BCUT2D eigenvalue weighted by atomic mass is 16.5. The van der Waals surface area contributed by atoms with Gasteiger partial charge in [-0.3, -0.25) is 4.79 Å². The molecule has 1 aliphatic rings.